The first-order valence-electron chi connectivity index (χ1n) is 10.8. The van der Waals surface area contributed by atoms with Crippen molar-refractivity contribution in [1.82, 2.24) is 14.2 Å². The van der Waals surface area contributed by atoms with E-state index < -0.39 is 10.0 Å². The van der Waals surface area contributed by atoms with Crippen LogP contribution in [0.5, 0.6) is 5.75 Å². The summed E-state index contributed by atoms with van der Waals surface area (Å²) < 4.78 is 33.1. The van der Waals surface area contributed by atoms with E-state index >= 15 is 0 Å². The number of hydrogen-bond acceptors (Lipinski definition) is 5. The zero-order valence-corrected chi connectivity index (χ0v) is 19.3. The second kappa shape index (κ2) is 10.2. The third-order valence-electron chi connectivity index (χ3n) is 5.84. The molecule has 1 atom stereocenters. The molecular formula is C23H31N3O4S. The molecule has 0 saturated carbocycles. The van der Waals surface area contributed by atoms with Gasteiger partial charge in [-0.25, -0.2) is 8.42 Å². The number of likely N-dealkylation sites (tertiary alicyclic amines) is 1. The first-order chi connectivity index (χ1) is 14.9. The monoisotopic (exact) mass is 445 g/mol. The lowest BCUT2D eigenvalue weighted by Gasteiger charge is -2.31. The zero-order valence-electron chi connectivity index (χ0n) is 18.5. The number of sulfonamides is 1. The molecule has 1 aromatic carbocycles. The summed E-state index contributed by atoms with van der Waals surface area (Å²) in [5.41, 5.74) is 1.40. The van der Waals surface area contributed by atoms with E-state index in [1.165, 1.54) is 17.5 Å². The van der Waals surface area contributed by atoms with E-state index in [9.17, 15) is 13.2 Å². The fourth-order valence-corrected chi connectivity index (χ4v) is 5.80. The Morgan fingerprint density at radius 1 is 1.13 bits per heavy atom. The maximum atomic E-state index is 13.6. The number of nitrogens with zero attached hydrogens (tertiary/aromatic N) is 3. The Morgan fingerprint density at radius 2 is 1.84 bits per heavy atom. The smallest absolute Gasteiger partial charge is 0.254 e. The maximum absolute atomic E-state index is 13.6. The van der Waals surface area contributed by atoms with Gasteiger partial charge in [0.05, 0.1) is 13.2 Å². The number of carbonyl (C=O) groups is 1. The summed E-state index contributed by atoms with van der Waals surface area (Å²) in [5.74, 6) is 0.0763. The Hall–Kier alpha value is -2.45. The molecule has 0 N–H and O–H groups in total. The molecule has 1 amide bonds. The molecular weight excluding hydrogens is 414 g/mol. The molecule has 1 unspecified atom stereocenters. The molecule has 1 fully saturated rings. The molecule has 0 spiro atoms. The Kier molecular flexibility index (Phi) is 7.67. The van der Waals surface area contributed by atoms with E-state index in [1.807, 2.05) is 17.0 Å². The van der Waals surface area contributed by atoms with E-state index in [2.05, 4.69) is 4.98 Å². The van der Waals surface area contributed by atoms with Crippen molar-refractivity contribution in [3.05, 3.63) is 53.9 Å². The second-order valence-corrected chi connectivity index (χ2v) is 9.51. The van der Waals surface area contributed by atoms with Gasteiger partial charge >= 0.3 is 0 Å². The summed E-state index contributed by atoms with van der Waals surface area (Å²) in [6.07, 6.45) is 7.39. The van der Waals surface area contributed by atoms with Crippen LogP contribution >= 0.6 is 0 Å². The van der Waals surface area contributed by atoms with E-state index in [0.717, 1.165) is 31.2 Å². The number of methoxy groups -OCH3 is 1. The van der Waals surface area contributed by atoms with Crippen molar-refractivity contribution >= 4 is 15.9 Å². The minimum absolute atomic E-state index is 0.0276. The molecule has 2 heterocycles. The van der Waals surface area contributed by atoms with Gasteiger partial charge in [-0.3, -0.25) is 9.78 Å². The zero-order chi connectivity index (χ0) is 22.4. The van der Waals surface area contributed by atoms with Gasteiger partial charge in [0.15, 0.2) is 0 Å². The summed E-state index contributed by atoms with van der Waals surface area (Å²) >= 11 is 0. The number of ether oxygens (including phenoxy) is 1. The van der Waals surface area contributed by atoms with Gasteiger partial charge in [0, 0.05) is 37.6 Å². The van der Waals surface area contributed by atoms with Gasteiger partial charge in [0.1, 0.15) is 10.6 Å². The summed E-state index contributed by atoms with van der Waals surface area (Å²) in [4.78, 5) is 19.6. The summed E-state index contributed by atoms with van der Waals surface area (Å²) in [6.45, 7) is 4.90. The van der Waals surface area contributed by atoms with Gasteiger partial charge in [-0.15, -0.1) is 0 Å². The molecule has 31 heavy (non-hydrogen) atoms. The van der Waals surface area contributed by atoms with Crippen LogP contribution in [0.3, 0.4) is 0 Å². The topological polar surface area (TPSA) is 79.8 Å². The van der Waals surface area contributed by atoms with E-state index in [0.29, 0.717) is 25.2 Å². The molecule has 7 nitrogen and oxygen atoms in total. The van der Waals surface area contributed by atoms with Crippen LogP contribution in [0.25, 0.3) is 0 Å². The average Bonchev–Trinajstić information content (AvgIpc) is 3.05. The van der Waals surface area contributed by atoms with Crippen molar-refractivity contribution in [3.63, 3.8) is 0 Å². The molecule has 2 aromatic rings. The number of pyridine rings is 1. The summed E-state index contributed by atoms with van der Waals surface area (Å²) in [6, 6.07) is 8.52. The Labute approximate surface area is 185 Å². The number of benzene rings is 1. The minimum Gasteiger partial charge on any atom is -0.495 e. The molecule has 1 aromatic heterocycles. The first kappa shape index (κ1) is 23.2. The van der Waals surface area contributed by atoms with Crippen molar-refractivity contribution in [2.45, 2.75) is 50.5 Å². The SMILES string of the molecule is CCN(CC)S(=O)(=O)c1cc(C(=O)N2CCCCCC2c2ccncc2)ccc1OC. The van der Waals surface area contributed by atoms with E-state index in [4.69, 9.17) is 4.74 Å². The Balaban J connectivity index is 2.02. The van der Waals surface area contributed by atoms with Gasteiger partial charge in [0.25, 0.3) is 5.91 Å². The highest BCUT2D eigenvalue weighted by molar-refractivity contribution is 7.89. The van der Waals surface area contributed by atoms with Crippen LogP contribution in [0, 0.1) is 0 Å². The second-order valence-electron chi connectivity index (χ2n) is 7.60. The molecule has 0 radical (unpaired) electrons. The van der Waals surface area contributed by atoms with Crippen molar-refractivity contribution < 1.29 is 17.9 Å². The summed E-state index contributed by atoms with van der Waals surface area (Å²) in [5, 5.41) is 0. The predicted octanol–water partition coefficient (Wildman–Crippen LogP) is 3.88. The molecule has 3 rings (SSSR count). The van der Waals surface area contributed by atoms with Crippen LogP contribution in [0.4, 0.5) is 0 Å². The van der Waals surface area contributed by atoms with Crippen molar-refractivity contribution in [1.29, 1.82) is 0 Å². The average molecular weight is 446 g/mol. The Morgan fingerprint density at radius 3 is 2.48 bits per heavy atom. The fraction of sp³-hybridized carbons (Fsp3) is 0.478. The molecule has 168 valence electrons. The lowest BCUT2D eigenvalue weighted by atomic mass is 10.0. The van der Waals surface area contributed by atoms with Crippen LogP contribution in [0.15, 0.2) is 47.6 Å². The normalized spacial score (nSPS) is 17.4. The Bertz CT molecular complexity index is 991. The van der Waals surface area contributed by atoms with Crippen LogP contribution < -0.4 is 4.74 Å². The minimum atomic E-state index is -3.77. The molecule has 1 aliphatic rings. The predicted molar refractivity (Wildman–Crippen MR) is 120 cm³/mol. The highest BCUT2D eigenvalue weighted by Crippen LogP contribution is 2.33. The van der Waals surface area contributed by atoms with Crippen molar-refractivity contribution in [2.75, 3.05) is 26.7 Å². The largest absolute Gasteiger partial charge is 0.495 e. The lowest BCUT2D eigenvalue weighted by molar-refractivity contribution is 0.0680. The number of hydrogen-bond donors (Lipinski definition) is 0. The highest BCUT2D eigenvalue weighted by Gasteiger charge is 2.31. The highest BCUT2D eigenvalue weighted by atomic mass is 32.2. The van der Waals surface area contributed by atoms with E-state index in [-0.39, 0.29) is 22.6 Å². The van der Waals surface area contributed by atoms with Crippen LogP contribution in [-0.4, -0.2) is 55.3 Å². The number of aromatic nitrogens is 1. The van der Waals surface area contributed by atoms with Gasteiger partial charge in [0.2, 0.25) is 10.0 Å². The van der Waals surface area contributed by atoms with Crippen LogP contribution in [0.2, 0.25) is 0 Å². The quantitative estimate of drug-likeness (QED) is 0.646. The summed E-state index contributed by atoms with van der Waals surface area (Å²) in [7, 11) is -2.34. The van der Waals surface area contributed by atoms with Gasteiger partial charge in [-0.2, -0.15) is 4.31 Å². The number of carbonyl (C=O) groups excluding carboxylic acids is 1. The fourth-order valence-electron chi connectivity index (χ4n) is 4.16. The standard InChI is InChI=1S/C23H31N3O4S/c1-4-25(5-2)31(28,29)22-17-19(10-11-21(22)30-3)23(27)26-16-8-6-7-9-20(26)18-12-14-24-15-13-18/h10-15,17,20H,4-9,16H2,1-3H3. The van der Waals surface area contributed by atoms with Crippen LogP contribution in [-0.2, 0) is 10.0 Å². The molecule has 1 aliphatic heterocycles. The molecule has 8 heteroatoms. The van der Waals surface area contributed by atoms with Crippen molar-refractivity contribution in [3.8, 4) is 5.75 Å². The van der Waals surface area contributed by atoms with Gasteiger partial charge < -0.3 is 9.64 Å². The third kappa shape index (κ3) is 4.91. The van der Waals surface area contributed by atoms with Crippen LogP contribution in [0.1, 0.15) is 61.5 Å². The maximum Gasteiger partial charge on any atom is 0.254 e. The van der Waals surface area contributed by atoms with E-state index in [1.54, 1.807) is 38.4 Å². The van der Waals surface area contributed by atoms with Gasteiger partial charge in [-0.1, -0.05) is 26.7 Å². The lowest BCUT2D eigenvalue weighted by Crippen LogP contribution is -2.35. The third-order valence-corrected chi connectivity index (χ3v) is 7.91. The number of amides is 1. The first-order valence-corrected chi connectivity index (χ1v) is 12.3. The molecule has 1 saturated heterocycles. The van der Waals surface area contributed by atoms with Gasteiger partial charge in [-0.05, 0) is 48.7 Å². The van der Waals surface area contributed by atoms with Crippen molar-refractivity contribution in [2.24, 2.45) is 0 Å². The number of rotatable bonds is 7. The molecule has 0 aliphatic carbocycles. The molecule has 0 bridgehead atoms.